The molecule has 1 saturated heterocycles. The van der Waals surface area contributed by atoms with Gasteiger partial charge >= 0.3 is 0 Å². The molecule has 0 aromatic heterocycles. The largest absolute Gasteiger partial charge is 0.325 e. The zero-order valence-electron chi connectivity index (χ0n) is 6.88. The summed E-state index contributed by atoms with van der Waals surface area (Å²) in [7, 11) is 4.25. The molecule has 0 unspecified atom stereocenters. The average molecular weight is 143 g/mol. The molecule has 10 heavy (non-hydrogen) atoms. The van der Waals surface area contributed by atoms with Gasteiger partial charge in [0.1, 0.15) is 0 Å². The van der Waals surface area contributed by atoms with Crippen LogP contribution in [0.5, 0.6) is 0 Å². The van der Waals surface area contributed by atoms with Gasteiger partial charge in [-0.2, -0.15) is 0 Å². The zero-order valence-corrected chi connectivity index (χ0v) is 6.88. The molecule has 0 aliphatic carbocycles. The molecule has 1 fully saturated rings. The Labute approximate surface area is 62.8 Å². The number of hydrogen-bond donors (Lipinski definition) is 1. The third-order valence-electron chi connectivity index (χ3n) is 1.96. The molecular weight excluding hydrogens is 126 g/mol. The summed E-state index contributed by atoms with van der Waals surface area (Å²) in [6.45, 7) is 4.35. The quantitative estimate of drug-likeness (QED) is 0.481. The normalized spacial score (nSPS) is 26.7. The van der Waals surface area contributed by atoms with Gasteiger partial charge in [-0.05, 0) is 14.1 Å². The molecule has 0 atom stereocenters. The lowest BCUT2D eigenvalue weighted by Gasteiger charge is -2.15. The number of rotatable bonds is 0. The Balaban J connectivity index is 2.38. The van der Waals surface area contributed by atoms with Gasteiger partial charge in [0.05, 0.1) is 0 Å². The van der Waals surface area contributed by atoms with Crippen LogP contribution in [0, 0.1) is 0 Å². The minimum Gasteiger partial charge on any atom is -0.325 e. The summed E-state index contributed by atoms with van der Waals surface area (Å²) in [4.78, 5) is 4.57. The second-order valence-corrected chi connectivity index (χ2v) is 3.28. The summed E-state index contributed by atoms with van der Waals surface area (Å²) in [5, 5.41) is 0. The van der Waals surface area contributed by atoms with Crippen molar-refractivity contribution in [3.8, 4) is 0 Å². The van der Waals surface area contributed by atoms with E-state index < -0.39 is 0 Å². The van der Waals surface area contributed by atoms with Crippen LogP contribution in [-0.4, -0.2) is 56.1 Å². The maximum absolute atomic E-state index is 5.83. The fraction of sp³-hybridized carbons (Fsp3) is 1.00. The van der Waals surface area contributed by atoms with E-state index >= 15 is 0 Å². The molecule has 0 radical (unpaired) electrons. The van der Waals surface area contributed by atoms with E-state index in [0.717, 1.165) is 26.2 Å². The van der Waals surface area contributed by atoms with E-state index in [9.17, 15) is 0 Å². The van der Waals surface area contributed by atoms with E-state index in [0.29, 0.717) is 6.04 Å². The monoisotopic (exact) mass is 143 g/mol. The highest BCUT2D eigenvalue weighted by Gasteiger charge is 2.14. The lowest BCUT2D eigenvalue weighted by atomic mass is 10.3. The molecule has 0 aromatic carbocycles. The molecule has 60 valence electrons. The topological polar surface area (TPSA) is 32.5 Å². The molecule has 2 N–H and O–H groups in total. The van der Waals surface area contributed by atoms with Crippen molar-refractivity contribution in [2.75, 3.05) is 40.3 Å². The fourth-order valence-corrected chi connectivity index (χ4v) is 1.38. The van der Waals surface area contributed by atoms with Gasteiger partial charge in [-0.1, -0.05) is 0 Å². The predicted molar refractivity (Wildman–Crippen MR) is 43.0 cm³/mol. The van der Waals surface area contributed by atoms with Crippen molar-refractivity contribution in [1.82, 2.24) is 9.80 Å². The summed E-state index contributed by atoms with van der Waals surface area (Å²) in [6, 6.07) is 0.331. The van der Waals surface area contributed by atoms with Gasteiger partial charge in [-0.25, -0.2) is 0 Å². The van der Waals surface area contributed by atoms with Crippen LogP contribution in [0.15, 0.2) is 0 Å². The molecule has 0 amide bonds. The standard InChI is InChI=1S/C7H17N3/c1-9-3-4-10(2)6-7(8)5-9/h7H,3-6,8H2,1-2H3. The van der Waals surface area contributed by atoms with Crippen molar-refractivity contribution in [2.45, 2.75) is 6.04 Å². The van der Waals surface area contributed by atoms with Gasteiger partial charge in [0, 0.05) is 32.2 Å². The lowest BCUT2D eigenvalue weighted by Crippen LogP contribution is -2.38. The van der Waals surface area contributed by atoms with Gasteiger partial charge in [0.2, 0.25) is 0 Å². The first-order valence-corrected chi connectivity index (χ1v) is 3.81. The first-order chi connectivity index (χ1) is 4.68. The fourth-order valence-electron chi connectivity index (χ4n) is 1.38. The molecule has 1 heterocycles. The molecule has 1 aliphatic rings. The van der Waals surface area contributed by atoms with E-state index in [1.807, 2.05) is 0 Å². The van der Waals surface area contributed by atoms with Crippen LogP contribution in [0.2, 0.25) is 0 Å². The van der Waals surface area contributed by atoms with Crippen LogP contribution < -0.4 is 5.73 Å². The Morgan fingerprint density at radius 2 is 1.50 bits per heavy atom. The van der Waals surface area contributed by atoms with E-state index in [-0.39, 0.29) is 0 Å². The second kappa shape index (κ2) is 3.32. The first kappa shape index (κ1) is 7.98. The lowest BCUT2D eigenvalue weighted by molar-refractivity contribution is 0.320. The van der Waals surface area contributed by atoms with E-state index in [4.69, 9.17) is 5.73 Å². The Kier molecular flexibility index (Phi) is 2.65. The number of nitrogens with two attached hydrogens (primary N) is 1. The van der Waals surface area contributed by atoms with Crippen LogP contribution in [0.25, 0.3) is 0 Å². The highest BCUT2D eigenvalue weighted by atomic mass is 15.2. The van der Waals surface area contributed by atoms with Crippen molar-refractivity contribution in [3.63, 3.8) is 0 Å². The number of nitrogens with zero attached hydrogens (tertiary/aromatic N) is 2. The Morgan fingerprint density at radius 1 is 1.10 bits per heavy atom. The summed E-state index contributed by atoms with van der Waals surface area (Å²) in [5.74, 6) is 0. The van der Waals surface area contributed by atoms with Crippen LogP contribution >= 0.6 is 0 Å². The number of hydrogen-bond acceptors (Lipinski definition) is 3. The summed E-state index contributed by atoms with van der Waals surface area (Å²) < 4.78 is 0. The molecule has 1 aliphatic heterocycles. The third kappa shape index (κ3) is 2.25. The molecule has 1 rings (SSSR count). The third-order valence-corrected chi connectivity index (χ3v) is 1.96. The van der Waals surface area contributed by atoms with E-state index in [1.165, 1.54) is 0 Å². The van der Waals surface area contributed by atoms with Gasteiger partial charge < -0.3 is 15.5 Å². The highest BCUT2D eigenvalue weighted by molar-refractivity contribution is 4.74. The SMILES string of the molecule is CN1CCN(C)CC(N)C1. The van der Waals surface area contributed by atoms with Crippen molar-refractivity contribution < 1.29 is 0 Å². The second-order valence-electron chi connectivity index (χ2n) is 3.28. The van der Waals surface area contributed by atoms with Crippen LogP contribution in [0.4, 0.5) is 0 Å². The maximum atomic E-state index is 5.83. The van der Waals surface area contributed by atoms with E-state index in [1.54, 1.807) is 0 Å². The number of likely N-dealkylation sites (N-methyl/N-ethyl adjacent to an activating group) is 2. The molecular formula is C7H17N3. The summed E-state index contributed by atoms with van der Waals surface area (Å²) >= 11 is 0. The van der Waals surface area contributed by atoms with Gasteiger partial charge in [-0.3, -0.25) is 0 Å². The van der Waals surface area contributed by atoms with Crippen molar-refractivity contribution in [2.24, 2.45) is 5.73 Å². The van der Waals surface area contributed by atoms with Crippen LogP contribution in [-0.2, 0) is 0 Å². The molecule has 0 aromatic rings. The van der Waals surface area contributed by atoms with Crippen LogP contribution in [0.1, 0.15) is 0 Å². The Morgan fingerprint density at radius 3 is 1.90 bits per heavy atom. The Bertz CT molecular complexity index is 93.0. The Hall–Kier alpha value is -0.120. The van der Waals surface area contributed by atoms with Gasteiger partial charge in [-0.15, -0.1) is 0 Å². The van der Waals surface area contributed by atoms with Crippen molar-refractivity contribution in [3.05, 3.63) is 0 Å². The molecule has 3 heteroatoms. The van der Waals surface area contributed by atoms with Crippen molar-refractivity contribution in [1.29, 1.82) is 0 Å². The summed E-state index contributed by atoms with van der Waals surface area (Å²) in [5.41, 5.74) is 5.83. The summed E-state index contributed by atoms with van der Waals surface area (Å²) in [6.07, 6.45) is 0. The first-order valence-electron chi connectivity index (χ1n) is 3.81. The van der Waals surface area contributed by atoms with Gasteiger partial charge in [0.15, 0.2) is 0 Å². The predicted octanol–water partition coefficient (Wildman–Crippen LogP) is -0.809. The minimum absolute atomic E-state index is 0.331. The molecule has 3 nitrogen and oxygen atoms in total. The zero-order chi connectivity index (χ0) is 7.56. The van der Waals surface area contributed by atoms with Gasteiger partial charge in [0.25, 0.3) is 0 Å². The molecule has 0 spiro atoms. The molecule has 0 saturated carbocycles. The minimum atomic E-state index is 0.331. The van der Waals surface area contributed by atoms with Crippen LogP contribution in [0.3, 0.4) is 0 Å². The smallest absolute Gasteiger partial charge is 0.0297 e. The maximum Gasteiger partial charge on any atom is 0.0297 e. The highest BCUT2D eigenvalue weighted by Crippen LogP contribution is 1.96. The molecule has 0 bridgehead atoms. The van der Waals surface area contributed by atoms with E-state index in [2.05, 4.69) is 23.9 Å². The van der Waals surface area contributed by atoms with Crippen molar-refractivity contribution >= 4 is 0 Å². The average Bonchev–Trinajstić information content (AvgIpc) is 1.93.